The Morgan fingerprint density at radius 2 is 0.880 bits per heavy atom. The Balaban J connectivity index is 0.000000339. The molecule has 25 heavy (non-hydrogen) atoms. The zero-order chi connectivity index (χ0) is 17.9. The number of carbonyl (C=O) groups excluding carboxylic acids is 3. The van der Waals surface area contributed by atoms with E-state index in [9.17, 15) is 29.7 Å². The molecule has 0 aliphatic heterocycles. The van der Waals surface area contributed by atoms with Crippen molar-refractivity contribution < 1.29 is 52.1 Å². The second kappa shape index (κ2) is 11.3. The molecule has 3 aromatic heterocycles. The van der Waals surface area contributed by atoms with Crippen molar-refractivity contribution in [2.24, 2.45) is 0 Å². The van der Waals surface area contributed by atoms with Crippen LogP contribution in [0, 0.1) is 0 Å². The van der Waals surface area contributed by atoms with E-state index >= 15 is 0 Å². The normalized spacial score (nSPS) is 8.64. The minimum absolute atomic E-state index is 0. The molecule has 0 atom stereocenters. The molecule has 0 saturated carbocycles. The summed E-state index contributed by atoms with van der Waals surface area (Å²) >= 11 is 0. The molecule has 0 saturated heterocycles. The van der Waals surface area contributed by atoms with Crippen LogP contribution in [0.3, 0.4) is 0 Å². The summed E-state index contributed by atoms with van der Waals surface area (Å²) in [7, 11) is 0. The Kier molecular flexibility index (Phi) is 9.88. The van der Waals surface area contributed by atoms with E-state index in [1.54, 1.807) is 0 Å². The minimum atomic E-state index is -1.23. The Hall–Kier alpha value is -3.22. The Morgan fingerprint density at radius 3 is 0.960 bits per heavy atom. The maximum absolute atomic E-state index is 9.88. The van der Waals surface area contributed by atoms with E-state index in [2.05, 4.69) is 30.6 Å². The number of aromatic carboxylic acids is 3. The summed E-state index contributed by atoms with van der Waals surface area (Å²) in [6.45, 7) is 0. The number of carboxylic acid groups (broad SMARTS) is 3. The fraction of sp³-hybridized carbons (Fsp3) is 0. The molecule has 0 radical (unpaired) electrons. The summed E-state index contributed by atoms with van der Waals surface area (Å²) < 4.78 is 0. The molecule has 0 bridgehead atoms. The number of hydrogen-bond donors (Lipinski definition) is 3. The van der Waals surface area contributed by atoms with Crippen LogP contribution >= 0.6 is 0 Å². The van der Waals surface area contributed by atoms with Gasteiger partial charge in [0.2, 0.25) is 0 Å². The van der Waals surface area contributed by atoms with Gasteiger partial charge in [0.15, 0.2) is 0 Å². The molecule has 134 valence electrons. The molecule has 0 aromatic carbocycles. The van der Waals surface area contributed by atoms with Crippen LogP contribution in [0.5, 0.6) is 0 Å². The van der Waals surface area contributed by atoms with Crippen molar-refractivity contribution in [1.29, 1.82) is 0 Å². The largest absolute Gasteiger partial charge is 3.00 e. The third-order valence-electron chi connectivity index (χ3n) is 2.16. The van der Waals surface area contributed by atoms with Crippen LogP contribution in [-0.2, 0) is 22.4 Å². The van der Waals surface area contributed by atoms with Crippen LogP contribution in [0.1, 0.15) is 31.5 Å². The number of aromatic nitrogens is 6. The smallest absolute Gasteiger partial charge is 0.543 e. The van der Waals surface area contributed by atoms with Gasteiger partial charge < -0.3 is 29.7 Å². The second-order valence-corrected chi connectivity index (χ2v) is 3.77. The van der Waals surface area contributed by atoms with Gasteiger partial charge in [-0.2, -0.15) is 15.3 Å². The van der Waals surface area contributed by atoms with Crippen molar-refractivity contribution >= 4 is 17.9 Å². The first-order valence-electron chi connectivity index (χ1n) is 6.04. The summed E-state index contributed by atoms with van der Waals surface area (Å²) in [6, 6.07) is 3.99. The number of hydrogen-bond acceptors (Lipinski definition) is 9. The van der Waals surface area contributed by atoms with Crippen molar-refractivity contribution in [3.8, 4) is 0 Å². The van der Waals surface area contributed by atoms with Crippen LogP contribution < -0.4 is 15.3 Å². The van der Waals surface area contributed by atoms with Crippen molar-refractivity contribution in [1.82, 2.24) is 30.6 Å². The standard InChI is InChI=1S/3C4H4N2O2.Au/c3*7-4(8)3-1-2-5-6-3;/h3*1-2H,(H,5,6)(H,7,8);/q;;;+3/p-3. The summed E-state index contributed by atoms with van der Waals surface area (Å²) in [5.41, 5.74) is 0.0139. The maximum Gasteiger partial charge on any atom is 3.00 e. The zero-order valence-corrected chi connectivity index (χ0v) is 14.2. The van der Waals surface area contributed by atoms with Crippen LogP contribution in [0.2, 0.25) is 0 Å². The van der Waals surface area contributed by atoms with Gasteiger partial charge in [-0.3, -0.25) is 15.3 Å². The van der Waals surface area contributed by atoms with Crippen molar-refractivity contribution in [2.75, 3.05) is 0 Å². The molecule has 13 heteroatoms. The Labute approximate surface area is 154 Å². The van der Waals surface area contributed by atoms with Gasteiger partial charge in [-0.25, -0.2) is 0 Å². The van der Waals surface area contributed by atoms with E-state index in [0.717, 1.165) is 0 Å². The molecule has 0 unspecified atom stereocenters. The molecule has 0 amide bonds. The molecule has 12 nitrogen and oxygen atoms in total. The summed E-state index contributed by atoms with van der Waals surface area (Å²) in [5, 5.41) is 46.5. The molecule has 3 aromatic rings. The number of H-pyrrole nitrogens is 3. The molecule has 0 fully saturated rings. The van der Waals surface area contributed by atoms with E-state index in [4.69, 9.17) is 0 Å². The van der Waals surface area contributed by atoms with E-state index in [0.29, 0.717) is 0 Å². The van der Waals surface area contributed by atoms with E-state index < -0.39 is 17.9 Å². The van der Waals surface area contributed by atoms with Crippen LogP contribution in [-0.4, -0.2) is 48.5 Å². The third kappa shape index (κ3) is 8.26. The average molecular weight is 530 g/mol. The molecular formula is C12H9AuN6O6. The first-order chi connectivity index (χ1) is 11.4. The SMILES string of the molecule is O=C([O-])c1ccn[nH]1.O=C([O-])c1ccn[nH]1.O=C([O-])c1ccn[nH]1.[Au+3]. The monoisotopic (exact) mass is 530 g/mol. The van der Waals surface area contributed by atoms with Gasteiger partial charge in [-0.05, 0) is 18.2 Å². The maximum atomic E-state index is 9.88. The van der Waals surface area contributed by atoms with Gasteiger partial charge in [0.1, 0.15) is 0 Å². The van der Waals surface area contributed by atoms with Gasteiger partial charge in [-0.15, -0.1) is 0 Å². The topological polar surface area (TPSA) is 206 Å². The number of rotatable bonds is 3. The van der Waals surface area contributed by atoms with Gasteiger partial charge in [0, 0.05) is 18.6 Å². The van der Waals surface area contributed by atoms with Crippen molar-refractivity contribution in [2.45, 2.75) is 0 Å². The predicted molar refractivity (Wildman–Crippen MR) is 68.8 cm³/mol. The molecule has 0 aliphatic rings. The van der Waals surface area contributed by atoms with E-state index in [1.165, 1.54) is 36.8 Å². The first kappa shape index (κ1) is 21.8. The summed E-state index contributed by atoms with van der Waals surface area (Å²) in [4.78, 5) is 29.6. The summed E-state index contributed by atoms with van der Waals surface area (Å²) in [5.74, 6) is -3.70. The van der Waals surface area contributed by atoms with Gasteiger partial charge in [0.25, 0.3) is 0 Å². The molecule has 0 spiro atoms. The number of carbonyl (C=O) groups is 3. The number of nitrogens with zero attached hydrogens (tertiary/aromatic N) is 3. The van der Waals surface area contributed by atoms with Gasteiger partial charge >= 0.3 is 22.4 Å². The third-order valence-corrected chi connectivity index (χ3v) is 2.16. The number of carboxylic acids is 3. The average Bonchev–Trinajstić information content (AvgIpc) is 3.29. The Morgan fingerprint density at radius 1 is 0.640 bits per heavy atom. The minimum Gasteiger partial charge on any atom is -0.543 e. The van der Waals surface area contributed by atoms with Crippen LogP contribution in [0.4, 0.5) is 0 Å². The number of nitrogens with one attached hydrogen (secondary N) is 3. The molecule has 3 heterocycles. The van der Waals surface area contributed by atoms with Gasteiger partial charge in [0.05, 0.1) is 35.0 Å². The van der Waals surface area contributed by atoms with Gasteiger partial charge in [-0.1, -0.05) is 0 Å². The van der Waals surface area contributed by atoms with E-state index in [1.807, 2.05) is 0 Å². The fourth-order valence-corrected chi connectivity index (χ4v) is 1.11. The van der Waals surface area contributed by atoms with Crippen LogP contribution in [0.25, 0.3) is 0 Å². The second-order valence-electron chi connectivity index (χ2n) is 3.77. The predicted octanol–water partition coefficient (Wildman–Crippen LogP) is -3.68. The molecule has 3 rings (SSSR count). The fourth-order valence-electron chi connectivity index (χ4n) is 1.11. The van der Waals surface area contributed by atoms with Crippen molar-refractivity contribution in [3.63, 3.8) is 0 Å². The zero-order valence-electron chi connectivity index (χ0n) is 12.1. The first-order valence-corrected chi connectivity index (χ1v) is 6.04. The summed E-state index contributed by atoms with van der Waals surface area (Å²) in [6.07, 6.45) is 4.06. The molecular weight excluding hydrogens is 521 g/mol. The van der Waals surface area contributed by atoms with E-state index in [-0.39, 0.29) is 39.5 Å². The quantitative estimate of drug-likeness (QED) is 0.285. The molecule has 3 N–H and O–H groups in total. The van der Waals surface area contributed by atoms with Crippen LogP contribution in [0.15, 0.2) is 36.8 Å². The molecule has 0 aliphatic carbocycles. The number of aromatic amines is 3. The van der Waals surface area contributed by atoms with Crippen molar-refractivity contribution in [3.05, 3.63) is 53.9 Å². The Bertz CT molecular complexity index is 651.